The number of hydrogen-bond acceptors (Lipinski definition) is 16. The van der Waals surface area contributed by atoms with Gasteiger partial charge in [-0.15, -0.1) is 0 Å². The van der Waals surface area contributed by atoms with Gasteiger partial charge in [-0.1, -0.05) is 30.3 Å². The SMILES string of the molecule is CC(=O)NC1C(OC(C)=O)OC(CO)C(O)C1OC(C)=O.CC(=O)NC1C(OC(C)=O)OC2COC(c3ccccc3)OC2C1OC(C)=O. The first-order valence-electron chi connectivity index (χ1n) is 15.3. The Morgan fingerprint density at radius 3 is 1.69 bits per heavy atom. The van der Waals surface area contributed by atoms with E-state index in [1.54, 1.807) is 0 Å². The molecule has 49 heavy (non-hydrogen) atoms. The van der Waals surface area contributed by atoms with Crippen molar-refractivity contribution < 1.29 is 76.9 Å². The highest BCUT2D eigenvalue weighted by atomic mass is 16.8. The summed E-state index contributed by atoms with van der Waals surface area (Å²) in [6, 6.07) is 7.26. The van der Waals surface area contributed by atoms with Crippen molar-refractivity contribution in [2.75, 3.05) is 13.2 Å². The monoisotopic (exact) mass is 698 g/mol. The Morgan fingerprint density at radius 2 is 1.20 bits per heavy atom. The van der Waals surface area contributed by atoms with E-state index in [1.807, 2.05) is 30.3 Å². The van der Waals surface area contributed by atoms with E-state index in [9.17, 15) is 39.0 Å². The van der Waals surface area contributed by atoms with Gasteiger partial charge in [0.05, 0.1) is 13.2 Å². The molecule has 3 aliphatic heterocycles. The minimum Gasteiger partial charge on any atom is -0.457 e. The van der Waals surface area contributed by atoms with Crippen molar-refractivity contribution in [1.82, 2.24) is 10.6 Å². The third-order valence-corrected chi connectivity index (χ3v) is 7.17. The first-order chi connectivity index (χ1) is 23.1. The molecule has 4 N–H and O–H groups in total. The molecule has 0 saturated carbocycles. The fourth-order valence-electron chi connectivity index (χ4n) is 5.39. The van der Waals surface area contributed by atoms with Crippen LogP contribution in [-0.2, 0) is 66.7 Å². The molecule has 3 heterocycles. The summed E-state index contributed by atoms with van der Waals surface area (Å²) in [6.07, 6.45) is -9.17. The summed E-state index contributed by atoms with van der Waals surface area (Å²) in [5.74, 6) is -3.44. The highest BCUT2D eigenvalue weighted by Crippen LogP contribution is 2.36. The van der Waals surface area contributed by atoms with Crippen LogP contribution >= 0.6 is 0 Å². The van der Waals surface area contributed by atoms with Gasteiger partial charge in [-0.2, -0.15) is 0 Å². The summed E-state index contributed by atoms with van der Waals surface area (Å²) < 4.78 is 43.4. The molecule has 11 unspecified atom stereocenters. The Balaban J connectivity index is 0.000000278. The van der Waals surface area contributed by atoms with Gasteiger partial charge in [0, 0.05) is 47.1 Å². The van der Waals surface area contributed by atoms with Crippen LogP contribution in [0, 0.1) is 0 Å². The van der Waals surface area contributed by atoms with Crippen molar-refractivity contribution in [2.24, 2.45) is 0 Å². The van der Waals surface area contributed by atoms with Crippen LogP contribution in [0.2, 0.25) is 0 Å². The first kappa shape index (κ1) is 39.2. The lowest BCUT2D eigenvalue weighted by Crippen LogP contribution is -2.67. The molecule has 1 aromatic rings. The number of nitrogens with one attached hydrogen (secondary N) is 2. The topological polar surface area (TPSA) is 241 Å². The molecule has 18 heteroatoms. The molecule has 3 saturated heterocycles. The van der Waals surface area contributed by atoms with E-state index in [2.05, 4.69) is 10.6 Å². The van der Waals surface area contributed by atoms with Gasteiger partial charge in [0.25, 0.3) is 0 Å². The average Bonchev–Trinajstić information content (AvgIpc) is 3.01. The predicted molar refractivity (Wildman–Crippen MR) is 160 cm³/mol. The van der Waals surface area contributed by atoms with E-state index >= 15 is 0 Å². The van der Waals surface area contributed by atoms with Crippen LogP contribution < -0.4 is 10.6 Å². The van der Waals surface area contributed by atoms with Crippen LogP contribution in [0.5, 0.6) is 0 Å². The van der Waals surface area contributed by atoms with Crippen molar-refractivity contribution in [1.29, 1.82) is 0 Å². The van der Waals surface area contributed by atoms with Crippen LogP contribution in [0.1, 0.15) is 53.4 Å². The molecular formula is C31H42N2O16. The number of fused-ring (bicyclic) bond motifs is 1. The second-order valence-electron chi connectivity index (χ2n) is 11.3. The maximum Gasteiger partial charge on any atom is 0.305 e. The van der Waals surface area contributed by atoms with Gasteiger partial charge in [0.15, 0.2) is 18.5 Å². The summed E-state index contributed by atoms with van der Waals surface area (Å²) in [7, 11) is 0. The number of rotatable bonds is 8. The van der Waals surface area contributed by atoms with Crippen molar-refractivity contribution >= 4 is 35.7 Å². The highest BCUT2D eigenvalue weighted by molar-refractivity contribution is 5.74. The number of carbonyl (C=O) groups is 6. The molecule has 0 radical (unpaired) electrons. The molecule has 4 rings (SSSR count). The second kappa shape index (κ2) is 18.0. The maximum atomic E-state index is 11.7. The van der Waals surface area contributed by atoms with Crippen LogP contribution in [0.25, 0.3) is 0 Å². The fraction of sp³-hybridized carbons (Fsp3) is 0.613. The van der Waals surface area contributed by atoms with Gasteiger partial charge in [-0.05, 0) is 0 Å². The van der Waals surface area contributed by atoms with Gasteiger partial charge < -0.3 is 58.7 Å². The molecule has 272 valence electrons. The molecule has 1 aromatic carbocycles. The Kier molecular flexibility index (Phi) is 14.4. The van der Waals surface area contributed by atoms with Gasteiger partial charge in [-0.3, -0.25) is 28.8 Å². The number of carbonyl (C=O) groups excluding carboxylic acids is 6. The minimum atomic E-state index is -1.39. The number of aliphatic hydroxyl groups is 2. The quantitative estimate of drug-likeness (QED) is 0.186. The summed E-state index contributed by atoms with van der Waals surface area (Å²) in [6.45, 7) is 6.80. The third kappa shape index (κ3) is 11.2. The smallest absolute Gasteiger partial charge is 0.305 e. The highest BCUT2D eigenvalue weighted by Gasteiger charge is 2.53. The summed E-state index contributed by atoms with van der Waals surface area (Å²) in [5.41, 5.74) is 0.792. The van der Waals surface area contributed by atoms with Crippen LogP contribution in [0.4, 0.5) is 0 Å². The predicted octanol–water partition coefficient (Wildman–Crippen LogP) is -1.11. The Hall–Kier alpha value is -4.20. The molecular weight excluding hydrogens is 656 g/mol. The normalized spacial score (nSPS) is 32.0. The summed E-state index contributed by atoms with van der Waals surface area (Å²) in [4.78, 5) is 68.4. The largest absolute Gasteiger partial charge is 0.457 e. The third-order valence-electron chi connectivity index (χ3n) is 7.17. The Labute approximate surface area is 281 Å². The lowest BCUT2D eigenvalue weighted by molar-refractivity contribution is -0.339. The van der Waals surface area contributed by atoms with E-state index < -0.39 is 110 Å². The van der Waals surface area contributed by atoms with Gasteiger partial charge >= 0.3 is 23.9 Å². The second-order valence-corrected chi connectivity index (χ2v) is 11.3. The van der Waals surface area contributed by atoms with Crippen molar-refractivity contribution in [2.45, 2.75) is 109 Å². The number of hydrogen-bond donors (Lipinski definition) is 4. The van der Waals surface area contributed by atoms with Crippen molar-refractivity contribution in [3.05, 3.63) is 35.9 Å². The van der Waals surface area contributed by atoms with Gasteiger partial charge in [-0.25, -0.2) is 0 Å². The summed E-state index contributed by atoms with van der Waals surface area (Å²) >= 11 is 0. The molecule has 11 atom stereocenters. The molecule has 0 aromatic heterocycles. The molecule has 3 fully saturated rings. The Bertz CT molecular complexity index is 1330. The lowest BCUT2D eigenvalue weighted by atomic mass is 9.95. The number of benzene rings is 1. The van der Waals surface area contributed by atoms with Crippen molar-refractivity contribution in [3.8, 4) is 0 Å². The summed E-state index contributed by atoms with van der Waals surface area (Å²) in [5, 5.41) is 24.3. The number of amides is 2. The van der Waals surface area contributed by atoms with Gasteiger partial charge in [0.1, 0.15) is 36.5 Å². The fourth-order valence-corrected chi connectivity index (χ4v) is 5.39. The number of aliphatic hydroxyl groups excluding tert-OH is 2. The molecule has 18 nitrogen and oxygen atoms in total. The lowest BCUT2D eigenvalue weighted by Gasteiger charge is -2.48. The molecule has 2 amide bonds. The molecule has 0 spiro atoms. The molecule has 3 aliphatic rings. The number of esters is 4. The minimum absolute atomic E-state index is 0.131. The van der Waals surface area contributed by atoms with Crippen LogP contribution in [0.15, 0.2) is 30.3 Å². The van der Waals surface area contributed by atoms with Gasteiger partial charge in [0.2, 0.25) is 24.4 Å². The molecule has 0 aliphatic carbocycles. The van der Waals surface area contributed by atoms with E-state index in [0.29, 0.717) is 0 Å². The van der Waals surface area contributed by atoms with E-state index in [-0.39, 0.29) is 6.61 Å². The van der Waals surface area contributed by atoms with Crippen molar-refractivity contribution in [3.63, 3.8) is 0 Å². The van der Waals surface area contributed by atoms with E-state index in [0.717, 1.165) is 19.4 Å². The zero-order valence-electron chi connectivity index (χ0n) is 27.8. The zero-order chi connectivity index (χ0) is 36.4. The van der Waals surface area contributed by atoms with E-state index in [1.165, 1.54) is 27.7 Å². The average molecular weight is 699 g/mol. The first-order valence-corrected chi connectivity index (χ1v) is 15.3. The van der Waals surface area contributed by atoms with Crippen LogP contribution in [0.3, 0.4) is 0 Å². The zero-order valence-corrected chi connectivity index (χ0v) is 27.8. The maximum absolute atomic E-state index is 11.7. The Morgan fingerprint density at radius 1 is 0.714 bits per heavy atom. The molecule has 0 bridgehead atoms. The standard InChI is InChI=1S/C19H23NO8.C12H19NO8/c1-10(21)20-15-17(25-11(2)22)16-14(27-19(15)26-12(3)23)9-24-18(28-16)13-7-5-4-6-8-13;1-5(15)13-9-11(19-6(2)16)10(18)8(4-14)21-12(9)20-7(3)17/h4-8,14-19H,9H2,1-3H3,(H,20,21);8-12,14,18H,4H2,1-3H3,(H,13,15). The van der Waals surface area contributed by atoms with Crippen LogP contribution in [-0.4, -0.2) is 120 Å². The van der Waals surface area contributed by atoms with E-state index in [4.69, 9.17) is 37.9 Å². The number of ether oxygens (including phenoxy) is 8.